The van der Waals surface area contributed by atoms with Crippen LogP contribution in [0.5, 0.6) is 23.0 Å². The lowest BCUT2D eigenvalue weighted by Gasteiger charge is -2.39. The molecule has 22 rings (SSSR count). The van der Waals surface area contributed by atoms with Crippen molar-refractivity contribution in [2.75, 3.05) is 0 Å². The molecule has 2 aliphatic carbocycles. The molecule has 0 N–H and O–H groups in total. The van der Waals surface area contributed by atoms with Crippen LogP contribution in [0.25, 0.3) is 145 Å². The first-order valence-electron chi connectivity index (χ1n) is 37.6. The molecule has 18 aromatic rings. The third-order valence-electron chi connectivity index (χ3n) is 23.1. The Labute approximate surface area is 637 Å². The van der Waals surface area contributed by atoms with E-state index in [0.29, 0.717) is 11.6 Å². The van der Waals surface area contributed by atoms with Gasteiger partial charge in [0.1, 0.15) is 23.0 Å². The molecule has 6 nitrogen and oxygen atoms in total. The molecule has 6 heteroatoms. The molecule has 1 unspecified atom stereocenters. The maximum atomic E-state index is 7.07. The van der Waals surface area contributed by atoms with Gasteiger partial charge in [-0.15, -0.1) is 0 Å². The van der Waals surface area contributed by atoms with E-state index >= 15 is 0 Å². The first-order valence-corrected chi connectivity index (χ1v) is 37.6. The average molecular weight is 1400 g/mol. The Morgan fingerprint density at radius 1 is 0.173 bits per heavy atom. The molecule has 2 spiro atoms. The second-order valence-electron chi connectivity index (χ2n) is 29.0. The standard InChI is InChI=1S/C104H64N4O2/c1-3-26-68(27-4-1)101-105-92(63-94(107-101)81-37-11-9-33-76(81)73-55-57-98-90(61-73)103(87-44-19-21-47-96(87)109-98)84-41-16-13-35-79(84)80-36-14-17-42-85(80)103)67-52-49-66(50-53-67)71-31-23-32-72(59-71)78-40-24-46-89-100(78)83-39-15-18-43-86(83)104(89)88-45-20-22-48-97(88)110-99-58-56-74(62-91(99)104)77-34-10-12-38-82(77)95-64-93(106-102(108-95)69-28-5-2-6-29-69)75-54-51-65-25-7-8-30-70(65)60-75/h1-64H. The Kier molecular flexibility index (Phi) is 14.3. The van der Waals surface area contributed by atoms with Crippen molar-refractivity contribution in [3.05, 3.63) is 433 Å². The zero-order valence-electron chi connectivity index (χ0n) is 59.6. The van der Waals surface area contributed by atoms with Crippen molar-refractivity contribution in [3.8, 4) is 158 Å². The minimum Gasteiger partial charge on any atom is -0.457 e. The Hall–Kier alpha value is -14.5. The molecular weight excluding hydrogens is 1340 g/mol. The van der Waals surface area contributed by atoms with Gasteiger partial charge in [-0.2, -0.15) is 0 Å². The number of hydrogen-bond acceptors (Lipinski definition) is 6. The van der Waals surface area contributed by atoms with Gasteiger partial charge in [0.2, 0.25) is 0 Å². The molecule has 16 aromatic carbocycles. The van der Waals surface area contributed by atoms with Crippen molar-refractivity contribution in [2.24, 2.45) is 0 Å². The van der Waals surface area contributed by atoms with Gasteiger partial charge in [-0.1, -0.05) is 328 Å². The summed E-state index contributed by atoms with van der Waals surface area (Å²) in [4.78, 5) is 21.5. The van der Waals surface area contributed by atoms with E-state index < -0.39 is 10.8 Å². The van der Waals surface area contributed by atoms with Crippen LogP contribution in [0, 0.1) is 0 Å². The van der Waals surface area contributed by atoms with Crippen LogP contribution in [0.15, 0.2) is 388 Å². The number of fused-ring (bicyclic) bond motifs is 19. The summed E-state index contributed by atoms with van der Waals surface area (Å²) in [5.74, 6) is 4.69. The molecule has 2 aliphatic heterocycles. The number of benzene rings is 16. The van der Waals surface area contributed by atoms with Gasteiger partial charge in [0.25, 0.3) is 0 Å². The maximum absolute atomic E-state index is 7.07. The van der Waals surface area contributed by atoms with Crippen molar-refractivity contribution in [1.29, 1.82) is 0 Å². The fourth-order valence-electron chi connectivity index (χ4n) is 18.2. The van der Waals surface area contributed by atoms with Gasteiger partial charge in [0.05, 0.1) is 33.6 Å². The van der Waals surface area contributed by atoms with Crippen molar-refractivity contribution in [2.45, 2.75) is 10.8 Å². The third kappa shape index (κ3) is 9.76. The van der Waals surface area contributed by atoms with Crippen molar-refractivity contribution in [3.63, 3.8) is 0 Å². The summed E-state index contributed by atoms with van der Waals surface area (Å²) >= 11 is 0. The molecule has 0 amide bonds. The molecule has 2 aromatic heterocycles. The molecule has 0 radical (unpaired) electrons. The fraction of sp³-hybridized carbons (Fsp3) is 0.0192. The predicted octanol–water partition coefficient (Wildman–Crippen LogP) is 26.0. The van der Waals surface area contributed by atoms with E-state index in [2.05, 4.69) is 364 Å². The molecular formula is C104H64N4O2. The highest BCUT2D eigenvalue weighted by Crippen LogP contribution is 2.65. The smallest absolute Gasteiger partial charge is 0.160 e. The SMILES string of the molecule is c1ccc(-c2nc(-c3ccc(-c4cccc(-c5cccc6c5-c5ccccc5C65c6ccccc6Oc6ccc(-c7ccccc7-c7cc(-c8ccc9ccccc9c8)nc(-c8ccccc8)n7)cc65)c4)cc3)cc(-c3ccccc3-c3ccc4c(c3)C3(c5ccccc5O4)c4ccccc4-c4ccccc43)n2)cc1. The molecule has 0 bridgehead atoms. The van der Waals surface area contributed by atoms with Gasteiger partial charge in [-0.3, -0.25) is 0 Å². The van der Waals surface area contributed by atoms with Gasteiger partial charge in [-0.25, -0.2) is 19.9 Å². The maximum Gasteiger partial charge on any atom is 0.160 e. The van der Waals surface area contributed by atoms with Crippen LogP contribution in [0.2, 0.25) is 0 Å². The Morgan fingerprint density at radius 2 is 0.536 bits per heavy atom. The number of nitrogens with zero attached hydrogens (tertiary/aromatic N) is 4. The van der Waals surface area contributed by atoms with Crippen LogP contribution in [0.4, 0.5) is 0 Å². The summed E-state index contributed by atoms with van der Waals surface area (Å²) in [6.45, 7) is 0. The van der Waals surface area contributed by atoms with Crippen molar-refractivity contribution in [1.82, 2.24) is 19.9 Å². The predicted molar refractivity (Wildman–Crippen MR) is 444 cm³/mol. The summed E-state index contributed by atoms with van der Waals surface area (Å²) in [7, 11) is 0. The van der Waals surface area contributed by atoms with Crippen molar-refractivity contribution >= 4 is 10.8 Å². The number of aromatic nitrogens is 4. The van der Waals surface area contributed by atoms with Gasteiger partial charge >= 0.3 is 0 Å². The first kappa shape index (κ1) is 62.9. The van der Waals surface area contributed by atoms with Gasteiger partial charge < -0.3 is 9.47 Å². The zero-order valence-corrected chi connectivity index (χ0v) is 59.6. The van der Waals surface area contributed by atoms with E-state index in [1.807, 2.05) is 24.3 Å². The monoisotopic (exact) mass is 1400 g/mol. The Morgan fingerprint density at radius 3 is 1.11 bits per heavy atom. The van der Waals surface area contributed by atoms with Crippen LogP contribution in [-0.4, -0.2) is 19.9 Å². The lowest BCUT2D eigenvalue weighted by atomic mass is 9.65. The first-order chi connectivity index (χ1) is 54.5. The number of rotatable bonds is 10. The zero-order chi connectivity index (χ0) is 72.4. The Bertz CT molecular complexity index is 6760. The van der Waals surface area contributed by atoms with Crippen molar-refractivity contribution < 1.29 is 9.47 Å². The lowest BCUT2D eigenvalue weighted by Crippen LogP contribution is -2.32. The minimum atomic E-state index is -0.754. The van der Waals surface area contributed by atoms with E-state index in [9.17, 15) is 0 Å². The lowest BCUT2D eigenvalue weighted by molar-refractivity contribution is 0.436. The summed E-state index contributed by atoms with van der Waals surface area (Å²) in [5.41, 5.74) is 30.8. The summed E-state index contributed by atoms with van der Waals surface area (Å²) in [5, 5.41) is 2.34. The summed E-state index contributed by atoms with van der Waals surface area (Å²) in [6.07, 6.45) is 0. The highest BCUT2D eigenvalue weighted by molar-refractivity contribution is 5.99. The molecule has 4 heterocycles. The molecule has 110 heavy (non-hydrogen) atoms. The number of para-hydroxylation sites is 2. The minimum absolute atomic E-state index is 0.605. The Balaban J connectivity index is 0.632. The van der Waals surface area contributed by atoms with E-state index in [-0.39, 0.29) is 0 Å². The molecule has 4 aliphatic rings. The van der Waals surface area contributed by atoms with E-state index in [4.69, 9.17) is 29.4 Å². The molecule has 512 valence electrons. The normalized spacial score (nSPS) is 14.1. The number of ether oxygens (including phenoxy) is 2. The van der Waals surface area contributed by atoms with Crippen LogP contribution < -0.4 is 9.47 Å². The van der Waals surface area contributed by atoms with E-state index in [1.54, 1.807) is 0 Å². The van der Waals surface area contributed by atoms with E-state index in [0.717, 1.165) is 151 Å². The second kappa shape index (κ2) is 25.1. The van der Waals surface area contributed by atoms with Crippen LogP contribution in [0.3, 0.4) is 0 Å². The van der Waals surface area contributed by atoms with Crippen LogP contribution >= 0.6 is 0 Å². The fourth-order valence-corrected chi connectivity index (χ4v) is 18.2. The third-order valence-corrected chi connectivity index (χ3v) is 23.1. The van der Waals surface area contributed by atoms with Crippen LogP contribution in [0.1, 0.15) is 44.5 Å². The largest absolute Gasteiger partial charge is 0.457 e. The quantitative estimate of drug-likeness (QED) is 0.136. The highest BCUT2D eigenvalue weighted by atomic mass is 16.5. The molecule has 0 saturated heterocycles. The summed E-state index contributed by atoms with van der Waals surface area (Å²) < 4.78 is 14.0. The molecule has 0 saturated carbocycles. The molecule has 1 atom stereocenters. The van der Waals surface area contributed by atoms with E-state index in [1.165, 1.54) is 49.9 Å². The van der Waals surface area contributed by atoms with Crippen LogP contribution in [-0.2, 0) is 10.8 Å². The number of hydrogen-bond donors (Lipinski definition) is 0. The van der Waals surface area contributed by atoms with Gasteiger partial charge in [-0.05, 0) is 160 Å². The second-order valence-corrected chi connectivity index (χ2v) is 29.0. The van der Waals surface area contributed by atoms with Gasteiger partial charge in [0.15, 0.2) is 11.6 Å². The summed E-state index contributed by atoms with van der Waals surface area (Å²) in [6, 6.07) is 140. The highest BCUT2D eigenvalue weighted by Gasteiger charge is 2.53. The van der Waals surface area contributed by atoms with Gasteiger partial charge in [0, 0.05) is 55.6 Å². The molecule has 0 fully saturated rings. The topological polar surface area (TPSA) is 70.0 Å². The average Bonchev–Trinajstić information content (AvgIpc) is 1.49.